The minimum absolute atomic E-state index is 0.266. The summed E-state index contributed by atoms with van der Waals surface area (Å²) in [5, 5.41) is 0. The number of nitrogens with zero attached hydrogens (tertiary/aromatic N) is 1. The van der Waals surface area contributed by atoms with E-state index in [0.29, 0.717) is 5.69 Å². The second-order valence-electron chi connectivity index (χ2n) is 2.27. The number of rotatable bonds is 1. The number of hydrogen-bond donors (Lipinski definition) is 0. The first-order chi connectivity index (χ1) is 6.65. The largest absolute Gasteiger partial charge is 0.464 e. The fraction of sp³-hybridized carbons (Fsp3) is 0.400. The van der Waals surface area contributed by atoms with Crippen molar-refractivity contribution in [2.24, 2.45) is 0 Å². The molecule has 0 amide bonds. The van der Waals surface area contributed by atoms with Gasteiger partial charge < -0.3 is 4.74 Å². The Morgan fingerprint density at radius 3 is 2.50 bits per heavy atom. The molecular weight excluding hydrogens is 185 g/mol. The lowest BCUT2D eigenvalue weighted by molar-refractivity contribution is 0.0588. The number of halogens is 1. The minimum Gasteiger partial charge on any atom is -0.464 e. The van der Waals surface area contributed by atoms with Crippen molar-refractivity contribution < 1.29 is 13.9 Å². The Morgan fingerprint density at radius 2 is 2.00 bits per heavy atom. The lowest BCUT2D eigenvalue weighted by Gasteiger charge is -2.00. The summed E-state index contributed by atoms with van der Waals surface area (Å²) in [5.74, 6) is -1.41. The van der Waals surface area contributed by atoms with E-state index < -0.39 is 11.8 Å². The van der Waals surface area contributed by atoms with Crippen molar-refractivity contribution in [1.29, 1.82) is 0 Å². The second kappa shape index (κ2) is 6.07. The molecule has 0 fully saturated rings. The number of aryl methyl sites for hydroxylation is 1. The van der Waals surface area contributed by atoms with Crippen molar-refractivity contribution in [3.63, 3.8) is 0 Å². The molecule has 0 atom stereocenters. The van der Waals surface area contributed by atoms with Gasteiger partial charge in [-0.1, -0.05) is 13.8 Å². The molecule has 0 saturated carbocycles. The predicted molar refractivity (Wildman–Crippen MR) is 51.6 cm³/mol. The van der Waals surface area contributed by atoms with Gasteiger partial charge in [-0.15, -0.1) is 0 Å². The first-order valence-electron chi connectivity index (χ1n) is 4.36. The molecule has 0 N–H and O–H groups in total. The highest BCUT2D eigenvalue weighted by Crippen LogP contribution is 2.06. The summed E-state index contributed by atoms with van der Waals surface area (Å²) in [7, 11) is 1.19. The van der Waals surface area contributed by atoms with E-state index in [1.807, 2.05) is 13.8 Å². The highest BCUT2D eigenvalue weighted by molar-refractivity contribution is 5.87. The van der Waals surface area contributed by atoms with Crippen LogP contribution in [0.15, 0.2) is 12.1 Å². The molecule has 4 heteroatoms. The standard InChI is InChI=1S/C8H8FNO2.C2H6/c1-5-3-4-6(9)7(10-5)8(11)12-2;1-2/h3-4H,1-2H3;1-2H3. The van der Waals surface area contributed by atoms with Crippen molar-refractivity contribution >= 4 is 5.97 Å². The fourth-order valence-electron chi connectivity index (χ4n) is 0.780. The molecule has 1 aromatic rings. The van der Waals surface area contributed by atoms with Crippen LogP contribution in [-0.2, 0) is 4.74 Å². The summed E-state index contributed by atoms with van der Waals surface area (Å²) in [6.07, 6.45) is 0. The minimum atomic E-state index is -0.754. The summed E-state index contributed by atoms with van der Waals surface area (Å²) < 4.78 is 17.2. The van der Waals surface area contributed by atoms with Crippen LogP contribution in [0.3, 0.4) is 0 Å². The van der Waals surface area contributed by atoms with Gasteiger partial charge in [0.15, 0.2) is 11.5 Å². The zero-order valence-corrected chi connectivity index (χ0v) is 8.80. The molecule has 0 aliphatic heterocycles. The Hall–Kier alpha value is -1.45. The Morgan fingerprint density at radius 1 is 1.43 bits per heavy atom. The van der Waals surface area contributed by atoms with Crippen molar-refractivity contribution in [2.45, 2.75) is 20.8 Å². The highest BCUT2D eigenvalue weighted by Gasteiger charge is 2.13. The highest BCUT2D eigenvalue weighted by atomic mass is 19.1. The average molecular weight is 199 g/mol. The third kappa shape index (κ3) is 3.12. The number of esters is 1. The van der Waals surface area contributed by atoms with Gasteiger partial charge in [-0.2, -0.15) is 0 Å². The van der Waals surface area contributed by atoms with Crippen molar-refractivity contribution in [1.82, 2.24) is 4.98 Å². The lowest BCUT2D eigenvalue weighted by Crippen LogP contribution is -2.07. The number of methoxy groups -OCH3 is 1. The molecule has 1 rings (SSSR count). The van der Waals surface area contributed by atoms with E-state index in [1.54, 1.807) is 6.92 Å². The van der Waals surface area contributed by atoms with E-state index in [0.717, 1.165) is 0 Å². The Balaban J connectivity index is 0.000000791. The topological polar surface area (TPSA) is 39.2 Å². The van der Waals surface area contributed by atoms with Crippen LogP contribution in [-0.4, -0.2) is 18.1 Å². The van der Waals surface area contributed by atoms with E-state index in [2.05, 4.69) is 9.72 Å². The maximum Gasteiger partial charge on any atom is 0.359 e. The SMILES string of the molecule is CC.COC(=O)c1nc(C)ccc1F. The lowest BCUT2D eigenvalue weighted by atomic mass is 10.3. The van der Waals surface area contributed by atoms with Gasteiger partial charge in [-0.25, -0.2) is 14.2 Å². The van der Waals surface area contributed by atoms with Gasteiger partial charge in [-0.05, 0) is 19.1 Å². The van der Waals surface area contributed by atoms with Crippen LogP contribution >= 0.6 is 0 Å². The molecule has 0 bridgehead atoms. The third-order valence-corrected chi connectivity index (χ3v) is 1.36. The molecule has 1 heterocycles. The van der Waals surface area contributed by atoms with Gasteiger partial charge in [-0.3, -0.25) is 0 Å². The normalized spacial score (nSPS) is 8.64. The summed E-state index contributed by atoms with van der Waals surface area (Å²) >= 11 is 0. The third-order valence-electron chi connectivity index (χ3n) is 1.36. The number of carbonyl (C=O) groups excluding carboxylic acids is 1. The molecule has 0 unspecified atom stereocenters. The maximum atomic E-state index is 12.8. The van der Waals surface area contributed by atoms with Gasteiger partial charge in [0.25, 0.3) is 0 Å². The Kier molecular flexibility index (Phi) is 5.44. The van der Waals surface area contributed by atoms with Crippen molar-refractivity contribution in [3.8, 4) is 0 Å². The number of pyridine rings is 1. The summed E-state index contributed by atoms with van der Waals surface area (Å²) in [6.45, 7) is 5.67. The van der Waals surface area contributed by atoms with Crippen LogP contribution in [0, 0.1) is 12.7 Å². The maximum absolute atomic E-state index is 12.8. The summed E-state index contributed by atoms with van der Waals surface area (Å²) in [5.41, 5.74) is 0.314. The van der Waals surface area contributed by atoms with E-state index in [9.17, 15) is 9.18 Å². The van der Waals surface area contributed by atoms with E-state index in [1.165, 1.54) is 19.2 Å². The van der Waals surface area contributed by atoms with E-state index in [4.69, 9.17) is 0 Å². The molecule has 0 aromatic carbocycles. The molecule has 1 aromatic heterocycles. The van der Waals surface area contributed by atoms with Crippen LogP contribution in [0.1, 0.15) is 30.0 Å². The smallest absolute Gasteiger partial charge is 0.359 e. The molecular formula is C10H14FNO2. The first-order valence-corrected chi connectivity index (χ1v) is 4.36. The molecule has 3 nitrogen and oxygen atoms in total. The molecule has 78 valence electrons. The fourth-order valence-corrected chi connectivity index (χ4v) is 0.780. The van der Waals surface area contributed by atoms with Gasteiger partial charge in [0, 0.05) is 5.69 Å². The molecule has 0 spiro atoms. The monoisotopic (exact) mass is 199 g/mol. The number of carbonyl (C=O) groups is 1. The molecule has 14 heavy (non-hydrogen) atoms. The van der Waals surface area contributed by atoms with E-state index >= 15 is 0 Å². The first kappa shape index (κ1) is 12.6. The summed E-state index contributed by atoms with van der Waals surface area (Å²) in [4.78, 5) is 14.6. The predicted octanol–water partition coefficient (Wildman–Crippen LogP) is 2.34. The quantitative estimate of drug-likeness (QED) is 0.652. The zero-order valence-electron chi connectivity index (χ0n) is 8.80. The Labute approximate surface area is 82.9 Å². The van der Waals surface area contributed by atoms with Gasteiger partial charge in [0.2, 0.25) is 0 Å². The zero-order chi connectivity index (χ0) is 11.1. The van der Waals surface area contributed by atoms with Crippen LogP contribution in [0.4, 0.5) is 4.39 Å². The van der Waals surface area contributed by atoms with E-state index in [-0.39, 0.29) is 5.69 Å². The van der Waals surface area contributed by atoms with Gasteiger partial charge >= 0.3 is 5.97 Å². The van der Waals surface area contributed by atoms with Gasteiger partial charge in [0.1, 0.15) is 0 Å². The van der Waals surface area contributed by atoms with Crippen LogP contribution in [0.2, 0.25) is 0 Å². The van der Waals surface area contributed by atoms with Gasteiger partial charge in [0.05, 0.1) is 7.11 Å². The van der Waals surface area contributed by atoms with Crippen LogP contribution in [0.25, 0.3) is 0 Å². The summed E-state index contributed by atoms with van der Waals surface area (Å²) in [6, 6.07) is 2.68. The van der Waals surface area contributed by atoms with Crippen LogP contribution in [0.5, 0.6) is 0 Å². The van der Waals surface area contributed by atoms with Crippen molar-refractivity contribution in [3.05, 3.63) is 29.3 Å². The Bertz CT molecular complexity index is 313. The number of hydrogen-bond acceptors (Lipinski definition) is 3. The molecule has 0 aliphatic carbocycles. The molecule has 0 aliphatic rings. The van der Waals surface area contributed by atoms with Crippen LogP contribution < -0.4 is 0 Å². The van der Waals surface area contributed by atoms with Crippen molar-refractivity contribution in [2.75, 3.05) is 7.11 Å². The number of aromatic nitrogens is 1. The average Bonchev–Trinajstić information content (AvgIpc) is 2.23. The molecule has 0 saturated heterocycles. The second-order valence-corrected chi connectivity index (χ2v) is 2.27. The number of ether oxygens (including phenoxy) is 1. The molecule has 0 radical (unpaired) electrons.